The Bertz CT molecular complexity index is 1230. The molecule has 4 aromatic rings. The van der Waals surface area contributed by atoms with E-state index in [4.69, 9.17) is 4.42 Å². The third-order valence-electron chi connectivity index (χ3n) is 6.38. The van der Waals surface area contributed by atoms with Crippen molar-refractivity contribution >= 4 is 16.9 Å². The summed E-state index contributed by atoms with van der Waals surface area (Å²) in [5, 5.41) is 0.951. The third kappa shape index (κ3) is 4.14. The lowest BCUT2D eigenvalue weighted by atomic mass is 9.96. The van der Waals surface area contributed by atoms with E-state index in [0.717, 1.165) is 22.1 Å². The minimum atomic E-state index is -0.298. The maximum Gasteiger partial charge on any atom is 0.289 e. The molecule has 1 fully saturated rings. The number of para-hydroxylation sites is 1. The second-order valence-electron chi connectivity index (χ2n) is 8.39. The highest BCUT2D eigenvalue weighted by Crippen LogP contribution is 2.31. The molecule has 4 nitrogen and oxygen atoms in total. The van der Waals surface area contributed by atoms with Gasteiger partial charge < -0.3 is 9.32 Å². The summed E-state index contributed by atoms with van der Waals surface area (Å²) in [4.78, 5) is 17.3. The minimum Gasteiger partial charge on any atom is -0.451 e. The smallest absolute Gasteiger partial charge is 0.289 e. The average Bonchev–Trinajstić information content (AvgIpc) is 3.18. The molecule has 0 radical (unpaired) electrons. The Morgan fingerprint density at radius 3 is 1.91 bits per heavy atom. The molecule has 2 heterocycles. The van der Waals surface area contributed by atoms with Crippen LogP contribution in [0.4, 0.5) is 8.78 Å². The SMILES string of the molecule is Cc1c(C(=O)N2CCN(C(c3ccc(F)cc3)c3ccc(F)cc3)CC2)oc2ccccc12. The molecule has 1 aromatic heterocycles. The molecule has 168 valence electrons. The molecule has 0 spiro atoms. The Morgan fingerprint density at radius 2 is 1.36 bits per heavy atom. The predicted molar refractivity (Wildman–Crippen MR) is 123 cm³/mol. The number of piperazine rings is 1. The number of aryl methyl sites for hydroxylation is 1. The average molecular weight is 446 g/mol. The van der Waals surface area contributed by atoms with E-state index < -0.39 is 0 Å². The fourth-order valence-electron chi connectivity index (χ4n) is 4.61. The van der Waals surface area contributed by atoms with Crippen molar-refractivity contribution in [2.75, 3.05) is 26.2 Å². The van der Waals surface area contributed by atoms with Crippen LogP contribution >= 0.6 is 0 Å². The molecule has 33 heavy (non-hydrogen) atoms. The van der Waals surface area contributed by atoms with E-state index >= 15 is 0 Å². The fourth-order valence-corrected chi connectivity index (χ4v) is 4.61. The van der Waals surface area contributed by atoms with Gasteiger partial charge in [0.25, 0.3) is 5.91 Å². The first-order valence-electron chi connectivity index (χ1n) is 11.0. The lowest BCUT2D eigenvalue weighted by Crippen LogP contribution is -2.49. The quantitative estimate of drug-likeness (QED) is 0.411. The van der Waals surface area contributed by atoms with E-state index in [-0.39, 0.29) is 23.6 Å². The Labute approximate surface area is 191 Å². The molecule has 0 bridgehead atoms. The topological polar surface area (TPSA) is 36.7 Å². The summed E-state index contributed by atoms with van der Waals surface area (Å²) < 4.78 is 33.0. The van der Waals surface area contributed by atoms with Gasteiger partial charge in [-0.25, -0.2) is 8.78 Å². The second kappa shape index (κ2) is 8.79. The number of carbonyl (C=O) groups excluding carboxylic acids is 1. The molecule has 0 saturated carbocycles. The van der Waals surface area contributed by atoms with Crippen LogP contribution < -0.4 is 0 Å². The Balaban J connectivity index is 1.37. The number of carbonyl (C=O) groups is 1. The van der Waals surface area contributed by atoms with Gasteiger partial charge in [0.05, 0.1) is 6.04 Å². The van der Waals surface area contributed by atoms with Gasteiger partial charge in [-0.1, -0.05) is 42.5 Å². The zero-order chi connectivity index (χ0) is 22.9. The minimum absolute atomic E-state index is 0.108. The zero-order valence-corrected chi connectivity index (χ0v) is 18.3. The van der Waals surface area contributed by atoms with Crippen LogP contribution in [0.1, 0.15) is 33.3 Å². The van der Waals surface area contributed by atoms with Crippen LogP contribution in [-0.2, 0) is 0 Å². The number of nitrogens with zero attached hydrogens (tertiary/aromatic N) is 2. The first-order valence-corrected chi connectivity index (χ1v) is 11.0. The fraction of sp³-hybridized carbons (Fsp3) is 0.222. The molecular weight excluding hydrogens is 422 g/mol. The molecule has 0 unspecified atom stereocenters. The standard InChI is InChI=1S/C27H24F2N2O2/c1-18-23-4-2-3-5-24(23)33-26(18)27(32)31-16-14-30(15-17-31)25(19-6-10-21(28)11-7-19)20-8-12-22(29)13-9-20/h2-13,25H,14-17H2,1H3. The Hall–Kier alpha value is -3.51. The van der Waals surface area contributed by atoms with E-state index in [1.165, 1.54) is 24.3 Å². The van der Waals surface area contributed by atoms with Gasteiger partial charge in [-0.05, 0) is 48.4 Å². The number of fused-ring (bicyclic) bond motifs is 1. The van der Waals surface area contributed by atoms with E-state index in [9.17, 15) is 13.6 Å². The highest BCUT2D eigenvalue weighted by Gasteiger charge is 2.30. The van der Waals surface area contributed by atoms with Crippen LogP contribution in [-0.4, -0.2) is 41.9 Å². The predicted octanol–water partition coefficient (Wildman–Crippen LogP) is 5.57. The molecule has 5 rings (SSSR count). The molecular formula is C27H24F2N2O2. The number of hydrogen-bond acceptors (Lipinski definition) is 3. The van der Waals surface area contributed by atoms with E-state index in [1.54, 1.807) is 24.3 Å². The zero-order valence-electron chi connectivity index (χ0n) is 18.3. The molecule has 1 saturated heterocycles. The van der Waals surface area contributed by atoms with Crippen molar-refractivity contribution < 1.29 is 18.0 Å². The number of halogens is 2. The summed E-state index contributed by atoms with van der Waals surface area (Å²) in [6.45, 7) is 4.24. The van der Waals surface area contributed by atoms with Gasteiger partial charge in [0, 0.05) is 37.1 Å². The molecule has 0 atom stereocenters. The van der Waals surface area contributed by atoms with Crippen LogP contribution in [0.15, 0.2) is 77.2 Å². The summed E-state index contributed by atoms with van der Waals surface area (Å²) in [6, 6.07) is 20.3. The van der Waals surface area contributed by atoms with Crippen molar-refractivity contribution in [1.82, 2.24) is 9.80 Å². The molecule has 3 aromatic carbocycles. The number of rotatable bonds is 4. The summed E-state index contributed by atoms with van der Waals surface area (Å²) in [6.07, 6.45) is 0. The van der Waals surface area contributed by atoms with Gasteiger partial charge in [-0.2, -0.15) is 0 Å². The molecule has 1 aliphatic heterocycles. The van der Waals surface area contributed by atoms with Crippen LogP contribution in [0.2, 0.25) is 0 Å². The summed E-state index contributed by atoms with van der Waals surface area (Å²) >= 11 is 0. The monoisotopic (exact) mass is 446 g/mol. The van der Waals surface area contributed by atoms with Crippen molar-refractivity contribution in [3.8, 4) is 0 Å². The second-order valence-corrected chi connectivity index (χ2v) is 8.39. The van der Waals surface area contributed by atoms with Crippen molar-refractivity contribution in [2.24, 2.45) is 0 Å². The number of amides is 1. The molecule has 1 aliphatic rings. The van der Waals surface area contributed by atoms with E-state index in [1.807, 2.05) is 36.1 Å². The van der Waals surface area contributed by atoms with Gasteiger partial charge in [0.2, 0.25) is 0 Å². The van der Waals surface area contributed by atoms with Crippen molar-refractivity contribution in [2.45, 2.75) is 13.0 Å². The highest BCUT2D eigenvalue weighted by molar-refractivity contribution is 5.99. The lowest BCUT2D eigenvalue weighted by molar-refractivity contribution is 0.0569. The van der Waals surface area contributed by atoms with Gasteiger partial charge in [0.15, 0.2) is 5.76 Å². The third-order valence-corrected chi connectivity index (χ3v) is 6.38. The maximum atomic E-state index is 13.5. The van der Waals surface area contributed by atoms with E-state index in [0.29, 0.717) is 37.5 Å². The molecule has 0 aliphatic carbocycles. The Kier molecular flexibility index (Phi) is 5.68. The van der Waals surface area contributed by atoms with Crippen LogP contribution in [0, 0.1) is 18.6 Å². The van der Waals surface area contributed by atoms with Crippen LogP contribution in [0.3, 0.4) is 0 Å². The highest BCUT2D eigenvalue weighted by atomic mass is 19.1. The number of hydrogen-bond donors (Lipinski definition) is 0. The number of benzene rings is 3. The van der Waals surface area contributed by atoms with Gasteiger partial charge >= 0.3 is 0 Å². The van der Waals surface area contributed by atoms with Crippen molar-refractivity contribution in [3.05, 3.63) is 107 Å². The maximum absolute atomic E-state index is 13.5. The summed E-state index contributed by atoms with van der Waals surface area (Å²) in [5.41, 5.74) is 3.42. The summed E-state index contributed by atoms with van der Waals surface area (Å²) in [7, 11) is 0. The van der Waals surface area contributed by atoms with Crippen molar-refractivity contribution in [1.29, 1.82) is 0 Å². The molecule has 6 heteroatoms. The first kappa shape index (κ1) is 21.3. The first-order chi connectivity index (χ1) is 16.0. The number of furan rings is 1. The van der Waals surface area contributed by atoms with Gasteiger partial charge in [-0.15, -0.1) is 0 Å². The van der Waals surface area contributed by atoms with Crippen LogP contribution in [0.25, 0.3) is 11.0 Å². The van der Waals surface area contributed by atoms with Gasteiger partial charge in [-0.3, -0.25) is 9.69 Å². The van der Waals surface area contributed by atoms with E-state index in [2.05, 4.69) is 4.90 Å². The summed E-state index contributed by atoms with van der Waals surface area (Å²) in [5.74, 6) is -0.316. The molecule has 0 N–H and O–H groups in total. The van der Waals surface area contributed by atoms with Crippen LogP contribution in [0.5, 0.6) is 0 Å². The Morgan fingerprint density at radius 1 is 0.818 bits per heavy atom. The molecule has 1 amide bonds. The van der Waals surface area contributed by atoms with Crippen molar-refractivity contribution in [3.63, 3.8) is 0 Å². The van der Waals surface area contributed by atoms with Gasteiger partial charge in [0.1, 0.15) is 17.2 Å². The normalized spacial score (nSPS) is 14.8. The largest absolute Gasteiger partial charge is 0.451 e. The lowest BCUT2D eigenvalue weighted by Gasteiger charge is -2.39.